The Bertz CT molecular complexity index is 1010. The van der Waals surface area contributed by atoms with E-state index in [1.165, 1.54) is 26.1 Å². The highest BCUT2D eigenvalue weighted by Crippen LogP contribution is 2.35. The van der Waals surface area contributed by atoms with Gasteiger partial charge in [-0.15, -0.1) is 11.3 Å². The number of thiophene rings is 1. The molecular formula is C23H21NS. The average molecular weight is 343 g/mol. The van der Waals surface area contributed by atoms with Gasteiger partial charge >= 0.3 is 0 Å². The van der Waals surface area contributed by atoms with Crippen molar-refractivity contribution in [2.75, 3.05) is 0 Å². The molecule has 0 fully saturated rings. The second-order valence-electron chi connectivity index (χ2n) is 7.41. The van der Waals surface area contributed by atoms with Crippen LogP contribution < -0.4 is 0 Å². The van der Waals surface area contributed by atoms with Crippen LogP contribution in [0.2, 0.25) is 0 Å². The van der Waals surface area contributed by atoms with Crippen LogP contribution in [-0.2, 0) is 5.41 Å². The number of nitrogens with zero attached hydrogens (tertiary/aromatic N) is 1. The molecule has 2 heterocycles. The fourth-order valence-electron chi connectivity index (χ4n) is 2.99. The van der Waals surface area contributed by atoms with Crippen molar-refractivity contribution in [3.8, 4) is 21.7 Å². The molecule has 4 rings (SSSR count). The number of hydrogen-bond acceptors (Lipinski definition) is 2. The number of rotatable bonds is 2. The second-order valence-corrected chi connectivity index (χ2v) is 8.50. The van der Waals surface area contributed by atoms with Crippen LogP contribution in [0.5, 0.6) is 0 Å². The Hall–Kier alpha value is -2.45. The van der Waals surface area contributed by atoms with Gasteiger partial charge in [-0.1, -0.05) is 75.4 Å². The minimum atomic E-state index is 0.188. The van der Waals surface area contributed by atoms with Gasteiger partial charge in [-0.2, -0.15) is 0 Å². The summed E-state index contributed by atoms with van der Waals surface area (Å²) in [5.74, 6) is 0. The number of benzene rings is 2. The molecule has 2 aromatic heterocycles. The Morgan fingerprint density at radius 2 is 1.52 bits per heavy atom. The summed E-state index contributed by atoms with van der Waals surface area (Å²) < 4.78 is 1.23. The zero-order valence-corrected chi connectivity index (χ0v) is 15.6. The summed E-state index contributed by atoms with van der Waals surface area (Å²) in [6.45, 7) is 6.74. The minimum absolute atomic E-state index is 0.188. The van der Waals surface area contributed by atoms with Gasteiger partial charge in [0, 0.05) is 16.6 Å². The predicted molar refractivity (Wildman–Crippen MR) is 109 cm³/mol. The van der Waals surface area contributed by atoms with Crippen LogP contribution in [0.1, 0.15) is 26.3 Å². The molecule has 0 saturated carbocycles. The van der Waals surface area contributed by atoms with E-state index in [9.17, 15) is 0 Å². The molecule has 1 nitrogen and oxygen atoms in total. The first-order valence-corrected chi connectivity index (χ1v) is 9.38. The van der Waals surface area contributed by atoms with Crippen molar-refractivity contribution in [3.63, 3.8) is 0 Å². The summed E-state index contributed by atoms with van der Waals surface area (Å²) in [6.07, 6.45) is 2.00. The maximum atomic E-state index is 4.64. The molecule has 25 heavy (non-hydrogen) atoms. The minimum Gasteiger partial charge on any atom is -0.255 e. The molecule has 0 amide bonds. The molecule has 0 N–H and O–H groups in total. The van der Waals surface area contributed by atoms with Crippen molar-refractivity contribution < 1.29 is 0 Å². The average Bonchev–Trinajstić information content (AvgIpc) is 3.05. The number of aromatic nitrogens is 1. The molecule has 0 unspecified atom stereocenters. The number of fused-ring (bicyclic) bond motifs is 1. The molecule has 0 saturated heterocycles. The highest BCUT2D eigenvalue weighted by Gasteiger charge is 2.13. The van der Waals surface area contributed by atoms with Crippen molar-refractivity contribution in [1.82, 2.24) is 4.98 Å². The molecule has 0 aliphatic carbocycles. The van der Waals surface area contributed by atoms with Gasteiger partial charge in [0.15, 0.2) is 0 Å². The zero-order valence-electron chi connectivity index (χ0n) is 14.8. The third-order valence-electron chi connectivity index (χ3n) is 4.51. The number of pyridine rings is 1. The monoisotopic (exact) mass is 343 g/mol. The van der Waals surface area contributed by atoms with Crippen LogP contribution >= 0.6 is 11.3 Å². The van der Waals surface area contributed by atoms with E-state index < -0.39 is 0 Å². The van der Waals surface area contributed by atoms with Gasteiger partial charge in [0.25, 0.3) is 0 Å². The standard InChI is InChI=1S/C23H21NS/c1-23(2,3)19-11-9-17(10-12-19)21-14-18-13-20(24-15-22(18)25-21)16-7-5-4-6-8-16/h4-15H,1-3H3. The topological polar surface area (TPSA) is 12.9 Å². The van der Waals surface area contributed by atoms with Gasteiger partial charge in [-0.3, -0.25) is 4.98 Å². The Morgan fingerprint density at radius 1 is 0.800 bits per heavy atom. The first kappa shape index (κ1) is 16.0. The first-order chi connectivity index (χ1) is 12.0. The van der Waals surface area contributed by atoms with E-state index in [0.717, 1.165) is 11.3 Å². The first-order valence-electron chi connectivity index (χ1n) is 8.57. The maximum Gasteiger partial charge on any atom is 0.0709 e. The summed E-state index contributed by atoms with van der Waals surface area (Å²) in [7, 11) is 0. The number of hydrogen-bond donors (Lipinski definition) is 0. The summed E-state index contributed by atoms with van der Waals surface area (Å²) in [6, 6.07) is 23.8. The molecule has 4 aromatic rings. The fraction of sp³-hybridized carbons (Fsp3) is 0.174. The van der Waals surface area contributed by atoms with E-state index >= 15 is 0 Å². The molecule has 0 radical (unpaired) electrons. The van der Waals surface area contributed by atoms with Crippen LogP contribution in [0.25, 0.3) is 31.8 Å². The van der Waals surface area contributed by atoms with Crippen molar-refractivity contribution in [1.29, 1.82) is 0 Å². The Balaban J connectivity index is 1.72. The third-order valence-corrected chi connectivity index (χ3v) is 5.64. The van der Waals surface area contributed by atoms with Gasteiger partial charge < -0.3 is 0 Å². The van der Waals surface area contributed by atoms with Gasteiger partial charge in [0.2, 0.25) is 0 Å². The van der Waals surface area contributed by atoms with Crippen LogP contribution in [0, 0.1) is 0 Å². The van der Waals surface area contributed by atoms with Gasteiger partial charge in [-0.05, 0) is 34.1 Å². The molecule has 2 aromatic carbocycles. The lowest BCUT2D eigenvalue weighted by molar-refractivity contribution is 0.590. The van der Waals surface area contributed by atoms with E-state index in [4.69, 9.17) is 0 Å². The molecule has 2 heteroatoms. The van der Waals surface area contributed by atoms with Crippen LogP contribution in [-0.4, -0.2) is 4.98 Å². The van der Waals surface area contributed by atoms with Gasteiger partial charge in [0.1, 0.15) is 0 Å². The largest absolute Gasteiger partial charge is 0.255 e. The summed E-state index contributed by atoms with van der Waals surface area (Å²) >= 11 is 1.81. The quantitative estimate of drug-likeness (QED) is 0.384. The van der Waals surface area contributed by atoms with Crippen molar-refractivity contribution in [3.05, 3.63) is 78.5 Å². The lowest BCUT2D eigenvalue weighted by atomic mass is 9.86. The van der Waals surface area contributed by atoms with Crippen molar-refractivity contribution in [2.45, 2.75) is 26.2 Å². The van der Waals surface area contributed by atoms with E-state index in [-0.39, 0.29) is 5.41 Å². The molecule has 124 valence electrons. The van der Waals surface area contributed by atoms with Crippen LogP contribution in [0.15, 0.2) is 72.9 Å². The maximum absolute atomic E-state index is 4.64. The highest BCUT2D eigenvalue weighted by atomic mass is 32.1. The summed E-state index contributed by atoms with van der Waals surface area (Å²) in [5, 5.41) is 1.26. The fourth-order valence-corrected chi connectivity index (χ4v) is 4.01. The Labute approximate surface area is 153 Å². The molecule has 0 aliphatic rings. The van der Waals surface area contributed by atoms with Crippen molar-refractivity contribution in [2.24, 2.45) is 0 Å². The van der Waals surface area contributed by atoms with Gasteiger partial charge in [0.05, 0.1) is 10.4 Å². The Morgan fingerprint density at radius 3 is 2.20 bits per heavy atom. The SMILES string of the molecule is CC(C)(C)c1ccc(-c2cc3cc(-c4ccccc4)ncc3s2)cc1. The van der Waals surface area contributed by atoms with E-state index in [1.807, 2.05) is 12.3 Å². The lowest BCUT2D eigenvalue weighted by Crippen LogP contribution is -2.10. The smallest absolute Gasteiger partial charge is 0.0709 e. The second kappa shape index (κ2) is 6.12. The van der Waals surface area contributed by atoms with Gasteiger partial charge in [-0.25, -0.2) is 0 Å². The lowest BCUT2D eigenvalue weighted by Gasteiger charge is -2.18. The summed E-state index contributed by atoms with van der Waals surface area (Å²) in [5.41, 5.74) is 5.01. The van der Waals surface area contributed by atoms with E-state index in [0.29, 0.717) is 0 Å². The summed E-state index contributed by atoms with van der Waals surface area (Å²) in [4.78, 5) is 5.93. The molecule has 0 spiro atoms. The van der Waals surface area contributed by atoms with E-state index in [1.54, 1.807) is 11.3 Å². The van der Waals surface area contributed by atoms with Crippen molar-refractivity contribution >= 4 is 21.4 Å². The highest BCUT2D eigenvalue weighted by molar-refractivity contribution is 7.22. The molecule has 0 bridgehead atoms. The molecular weight excluding hydrogens is 322 g/mol. The Kier molecular flexibility index (Phi) is 3.93. The normalized spacial score (nSPS) is 11.8. The molecule has 0 atom stereocenters. The molecule has 0 aliphatic heterocycles. The zero-order chi connectivity index (χ0) is 17.4. The van der Waals surface area contributed by atoms with E-state index in [2.05, 4.69) is 86.4 Å². The predicted octanol–water partition coefficient (Wildman–Crippen LogP) is 6.93. The van der Waals surface area contributed by atoms with Crippen LogP contribution in [0.4, 0.5) is 0 Å². The third kappa shape index (κ3) is 3.22. The van der Waals surface area contributed by atoms with Crippen LogP contribution in [0.3, 0.4) is 0 Å².